The van der Waals surface area contributed by atoms with Crippen LogP contribution in [-0.2, 0) is 27.1 Å². The molecular formula is C78H74BN3S2. The lowest BCUT2D eigenvalue weighted by molar-refractivity contribution is 0.195. The summed E-state index contributed by atoms with van der Waals surface area (Å²) in [5.41, 5.74) is 24.5. The molecule has 3 aliphatic carbocycles. The van der Waals surface area contributed by atoms with E-state index in [1.807, 2.05) is 22.7 Å². The van der Waals surface area contributed by atoms with Crippen molar-refractivity contribution in [3.05, 3.63) is 198 Å². The van der Waals surface area contributed by atoms with Gasteiger partial charge in [-0.2, -0.15) is 0 Å². The van der Waals surface area contributed by atoms with Gasteiger partial charge in [-0.25, -0.2) is 0 Å². The van der Waals surface area contributed by atoms with E-state index < -0.39 is 0 Å². The molecule has 1 fully saturated rings. The topological polar surface area (TPSA) is 9.72 Å². The van der Waals surface area contributed by atoms with E-state index in [1.165, 1.54) is 154 Å². The van der Waals surface area contributed by atoms with Crippen molar-refractivity contribution in [1.29, 1.82) is 0 Å². The predicted octanol–water partition coefficient (Wildman–Crippen LogP) is 20.6. The number of nitrogens with zero attached hydrogens (tertiary/aromatic N) is 3. The molecule has 0 radical (unpaired) electrons. The first-order chi connectivity index (χ1) is 40.4. The number of thiophene rings is 2. The van der Waals surface area contributed by atoms with Crippen LogP contribution in [0.15, 0.2) is 170 Å². The van der Waals surface area contributed by atoms with Crippen LogP contribution >= 0.6 is 22.7 Å². The molecule has 416 valence electrons. The second-order valence-corrected chi connectivity index (χ2v) is 31.3. The van der Waals surface area contributed by atoms with Gasteiger partial charge in [0, 0.05) is 70.5 Å². The molecule has 2 aromatic heterocycles. The molecule has 17 rings (SSSR count). The Hall–Kier alpha value is -7.12. The quantitative estimate of drug-likeness (QED) is 0.163. The summed E-state index contributed by atoms with van der Waals surface area (Å²) in [6.07, 6.45) is 9.34. The third-order valence-electron chi connectivity index (χ3n) is 22.7. The summed E-state index contributed by atoms with van der Waals surface area (Å²) in [5, 5.41) is 5.32. The second-order valence-electron chi connectivity index (χ2n) is 29.2. The summed E-state index contributed by atoms with van der Waals surface area (Å²) in [5.74, 6) is 0. The van der Waals surface area contributed by atoms with Crippen molar-refractivity contribution in [2.75, 3.05) is 14.7 Å². The van der Waals surface area contributed by atoms with Crippen molar-refractivity contribution in [2.45, 2.75) is 153 Å². The van der Waals surface area contributed by atoms with Crippen molar-refractivity contribution in [3.63, 3.8) is 0 Å². The molecule has 0 spiro atoms. The van der Waals surface area contributed by atoms with Crippen LogP contribution in [0.25, 0.3) is 51.5 Å². The fourth-order valence-corrected chi connectivity index (χ4v) is 19.9. The monoisotopic (exact) mass is 1130 g/mol. The lowest BCUT2D eigenvalue weighted by atomic mass is 9.32. The molecule has 6 aliphatic rings. The van der Waals surface area contributed by atoms with Crippen LogP contribution in [0, 0.1) is 0 Å². The predicted molar refractivity (Wildman–Crippen MR) is 365 cm³/mol. The molecule has 0 bridgehead atoms. The molecule has 3 nitrogen and oxygen atoms in total. The van der Waals surface area contributed by atoms with E-state index in [9.17, 15) is 0 Å². The van der Waals surface area contributed by atoms with Gasteiger partial charge in [0.15, 0.2) is 0 Å². The highest BCUT2D eigenvalue weighted by atomic mass is 32.1. The van der Waals surface area contributed by atoms with Gasteiger partial charge in [-0.05, 0) is 183 Å². The third kappa shape index (κ3) is 6.87. The van der Waals surface area contributed by atoms with E-state index in [0.717, 1.165) is 38.5 Å². The molecule has 84 heavy (non-hydrogen) atoms. The molecule has 3 aliphatic heterocycles. The number of rotatable bonds is 4. The first kappa shape index (κ1) is 51.3. The molecule has 6 heteroatoms. The Kier molecular flexibility index (Phi) is 10.6. The average Bonchev–Trinajstić information content (AvgIpc) is 1.06. The number of hydrogen-bond donors (Lipinski definition) is 0. The van der Waals surface area contributed by atoms with Crippen LogP contribution in [0.3, 0.4) is 0 Å². The normalized spacial score (nSPS) is 21.9. The summed E-state index contributed by atoms with van der Waals surface area (Å²) in [6, 6.07) is 67.5. The highest BCUT2D eigenvalue weighted by molar-refractivity contribution is 7.27. The van der Waals surface area contributed by atoms with E-state index in [0.29, 0.717) is 0 Å². The fraction of sp³-hybridized carbons (Fsp3) is 0.308. The molecule has 0 amide bonds. The van der Waals surface area contributed by atoms with Crippen LogP contribution < -0.4 is 31.1 Å². The van der Waals surface area contributed by atoms with Crippen molar-refractivity contribution < 1.29 is 0 Å². The zero-order valence-corrected chi connectivity index (χ0v) is 52.2. The minimum atomic E-state index is -0.196. The average molecular weight is 1130 g/mol. The largest absolute Gasteiger partial charge is 0.334 e. The zero-order valence-electron chi connectivity index (χ0n) is 50.6. The summed E-state index contributed by atoms with van der Waals surface area (Å²) in [7, 11) is 0. The van der Waals surface area contributed by atoms with Crippen molar-refractivity contribution in [1.82, 2.24) is 0 Å². The maximum atomic E-state index is 2.88. The van der Waals surface area contributed by atoms with Gasteiger partial charge in [0.05, 0.1) is 26.3 Å². The van der Waals surface area contributed by atoms with Crippen molar-refractivity contribution >= 4 is 132 Å². The van der Waals surface area contributed by atoms with E-state index in [4.69, 9.17) is 0 Å². The highest BCUT2D eigenvalue weighted by Gasteiger charge is 2.59. The van der Waals surface area contributed by atoms with Gasteiger partial charge in [0.1, 0.15) is 0 Å². The maximum Gasteiger partial charge on any atom is 0.252 e. The van der Waals surface area contributed by atoms with E-state index in [2.05, 4.69) is 254 Å². The third-order valence-corrected chi connectivity index (χ3v) is 25.1. The molecule has 0 N–H and O–H groups in total. The summed E-state index contributed by atoms with van der Waals surface area (Å²) in [4.78, 5) is 8.48. The van der Waals surface area contributed by atoms with E-state index >= 15 is 0 Å². The molecule has 9 aromatic carbocycles. The van der Waals surface area contributed by atoms with Gasteiger partial charge in [0.25, 0.3) is 6.71 Å². The number of fused-ring (bicyclic) bond motifs is 15. The van der Waals surface area contributed by atoms with Crippen LogP contribution in [0.2, 0.25) is 0 Å². The van der Waals surface area contributed by atoms with Gasteiger partial charge in [0.2, 0.25) is 0 Å². The number of anilines is 8. The molecule has 5 heterocycles. The van der Waals surface area contributed by atoms with Gasteiger partial charge in [-0.1, -0.05) is 184 Å². The van der Waals surface area contributed by atoms with Crippen LogP contribution in [0.4, 0.5) is 45.5 Å². The zero-order chi connectivity index (χ0) is 57.2. The standard InChI is InChI=1S/C78H74BN3S2/c1-73(2)36-38-75(5,6)56-45-64-59(43-54(56)73)79-60-44-55-57(76(7,8)39-37-74(55,3)4)46-65(60)81(63-29-21-27-53-51-25-15-17-31-69(51)84-72(53)63)67-42-49(41-66(70(67)79)80(64)62-28-20-26-52-50-24-14-16-30-68(50)83-71(52)62)82-61-33-32-48(47-22-12-11-13-23-47)40-58(61)77(9)34-18-19-35-78(77,82)10/h11-17,20-33,40-46H,18-19,34-39H2,1-10H3. The van der Waals surface area contributed by atoms with Gasteiger partial charge in [-0.3, -0.25) is 0 Å². The first-order valence-electron chi connectivity index (χ1n) is 31.3. The van der Waals surface area contributed by atoms with Gasteiger partial charge in [-0.15, -0.1) is 22.7 Å². The van der Waals surface area contributed by atoms with Crippen LogP contribution in [0.5, 0.6) is 0 Å². The molecule has 0 saturated heterocycles. The van der Waals surface area contributed by atoms with Crippen molar-refractivity contribution in [2.24, 2.45) is 0 Å². The lowest BCUT2D eigenvalue weighted by Crippen LogP contribution is -2.62. The minimum Gasteiger partial charge on any atom is -0.334 e. The van der Waals surface area contributed by atoms with Crippen LogP contribution in [0.1, 0.15) is 148 Å². The molecule has 2 atom stereocenters. The Labute approximate surface area is 505 Å². The van der Waals surface area contributed by atoms with Crippen molar-refractivity contribution in [3.8, 4) is 11.1 Å². The van der Waals surface area contributed by atoms with E-state index in [-0.39, 0.29) is 39.3 Å². The Morgan fingerprint density at radius 3 is 1.35 bits per heavy atom. The van der Waals surface area contributed by atoms with Gasteiger partial charge >= 0.3 is 0 Å². The van der Waals surface area contributed by atoms with Gasteiger partial charge < -0.3 is 14.7 Å². The summed E-state index contributed by atoms with van der Waals surface area (Å²) < 4.78 is 5.35. The Balaban J connectivity index is 1.05. The SMILES string of the molecule is CC1(C)CCC(C)(C)c2cc3c(cc21)B1c2cc4c(cc2N(c2cccc5c2sc2ccccc25)c2cc(N5c6ccc(-c7ccccc7)cc6C6(C)CCCCC56C)cc(c21)N3c1cccc2c1sc1ccccc12)C(C)(C)CCC4(C)C. The second kappa shape index (κ2) is 17.3. The minimum absolute atomic E-state index is 0.000756. The fourth-order valence-electron chi connectivity index (χ4n) is 17.5. The number of hydrogen-bond acceptors (Lipinski definition) is 5. The smallest absolute Gasteiger partial charge is 0.252 e. The summed E-state index contributed by atoms with van der Waals surface area (Å²) in [6.45, 7) is 25.4. The lowest BCUT2D eigenvalue weighted by Gasteiger charge is -2.51. The Morgan fingerprint density at radius 2 is 0.821 bits per heavy atom. The molecule has 1 saturated carbocycles. The summed E-state index contributed by atoms with van der Waals surface area (Å²) >= 11 is 3.92. The Bertz CT molecular complexity index is 4420. The van der Waals surface area contributed by atoms with Crippen LogP contribution in [-0.4, -0.2) is 12.3 Å². The molecule has 11 aromatic rings. The molecular weight excluding hydrogens is 1050 g/mol. The number of benzene rings is 9. The maximum absolute atomic E-state index is 2.88. The van der Waals surface area contributed by atoms with E-state index in [1.54, 1.807) is 0 Å². The first-order valence-corrected chi connectivity index (χ1v) is 33.0. The Morgan fingerprint density at radius 1 is 0.357 bits per heavy atom. The highest BCUT2D eigenvalue weighted by Crippen LogP contribution is 2.63. The molecule has 2 unspecified atom stereocenters.